The molecule has 2 nitrogen and oxygen atoms in total. The summed E-state index contributed by atoms with van der Waals surface area (Å²) >= 11 is 0. The molecule has 0 radical (unpaired) electrons. The Morgan fingerprint density at radius 2 is 2.16 bits per heavy atom. The van der Waals surface area contributed by atoms with Crippen LogP contribution in [-0.2, 0) is 6.42 Å². The van der Waals surface area contributed by atoms with Crippen molar-refractivity contribution < 1.29 is 5.11 Å². The molecule has 2 aliphatic carbocycles. The third kappa shape index (κ3) is 3.01. The molecule has 3 rings (SSSR count). The largest absolute Gasteiger partial charge is 0.508 e. The lowest BCUT2D eigenvalue weighted by atomic mass is 9.87. The van der Waals surface area contributed by atoms with Crippen molar-refractivity contribution in [1.82, 2.24) is 5.32 Å². The lowest BCUT2D eigenvalue weighted by Gasteiger charge is -2.26. The fraction of sp³-hybridized carbons (Fsp3) is 0.529. The van der Waals surface area contributed by atoms with Crippen LogP contribution in [0.4, 0.5) is 0 Å². The number of aryl methyl sites for hydroxylation is 1. The second kappa shape index (κ2) is 5.79. The van der Waals surface area contributed by atoms with E-state index in [2.05, 4.69) is 17.5 Å². The highest BCUT2D eigenvalue weighted by atomic mass is 16.3. The minimum atomic E-state index is 0.394. The quantitative estimate of drug-likeness (QED) is 0.803. The molecule has 0 saturated heterocycles. The summed E-state index contributed by atoms with van der Waals surface area (Å²) in [6.45, 7) is 1.06. The van der Waals surface area contributed by atoms with Crippen molar-refractivity contribution in [3.63, 3.8) is 0 Å². The molecule has 2 aliphatic rings. The van der Waals surface area contributed by atoms with Crippen LogP contribution < -0.4 is 5.32 Å². The minimum absolute atomic E-state index is 0.394. The molecule has 0 heterocycles. The van der Waals surface area contributed by atoms with E-state index in [1.807, 2.05) is 12.1 Å². The molecule has 2 N–H and O–H groups in total. The van der Waals surface area contributed by atoms with Gasteiger partial charge in [-0.25, -0.2) is 0 Å². The molecule has 0 spiro atoms. The molecule has 1 aromatic carbocycles. The summed E-state index contributed by atoms with van der Waals surface area (Å²) in [6.07, 6.45) is 11.1. The van der Waals surface area contributed by atoms with Crippen LogP contribution in [-0.4, -0.2) is 11.7 Å². The van der Waals surface area contributed by atoms with Crippen molar-refractivity contribution in [2.75, 3.05) is 6.54 Å². The molecule has 1 atom stereocenters. The van der Waals surface area contributed by atoms with Crippen molar-refractivity contribution in [2.45, 2.75) is 51.0 Å². The maximum Gasteiger partial charge on any atom is 0.115 e. The zero-order valence-electron chi connectivity index (χ0n) is 11.5. The van der Waals surface area contributed by atoms with E-state index in [4.69, 9.17) is 0 Å². The molecule has 19 heavy (non-hydrogen) atoms. The Balaban J connectivity index is 1.61. The second-order valence-corrected chi connectivity index (χ2v) is 5.79. The molecule has 0 fully saturated rings. The Kier molecular flexibility index (Phi) is 3.88. The molecule has 0 aromatic heterocycles. The number of fused-ring (bicyclic) bond motifs is 1. The van der Waals surface area contributed by atoms with Gasteiger partial charge in [-0.05, 0) is 74.8 Å². The minimum Gasteiger partial charge on any atom is -0.508 e. The van der Waals surface area contributed by atoms with Crippen molar-refractivity contribution >= 4 is 0 Å². The lowest BCUT2D eigenvalue weighted by molar-refractivity contribution is 0.447. The molecule has 2 heteroatoms. The number of phenolic OH excluding ortho intramolecular Hbond substituents is 1. The molecule has 1 unspecified atom stereocenters. The van der Waals surface area contributed by atoms with E-state index in [0.29, 0.717) is 11.8 Å². The number of hydrogen-bond donors (Lipinski definition) is 2. The van der Waals surface area contributed by atoms with E-state index >= 15 is 0 Å². The van der Waals surface area contributed by atoms with E-state index in [1.54, 1.807) is 5.57 Å². The first kappa shape index (κ1) is 12.7. The van der Waals surface area contributed by atoms with Gasteiger partial charge in [0.05, 0.1) is 0 Å². The Morgan fingerprint density at radius 1 is 1.21 bits per heavy atom. The van der Waals surface area contributed by atoms with E-state index in [9.17, 15) is 5.11 Å². The number of aromatic hydroxyl groups is 1. The van der Waals surface area contributed by atoms with E-state index < -0.39 is 0 Å². The maximum atomic E-state index is 9.67. The summed E-state index contributed by atoms with van der Waals surface area (Å²) < 4.78 is 0. The van der Waals surface area contributed by atoms with Crippen LogP contribution in [0.5, 0.6) is 5.75 Å². The zero-order chi connectivity index (χ0) is 13.1. The van der Waals surface area contributed by atoms with Gasteiger partial charge in [0.2, 0.25) is 0 Å². The highest BCUT2D eigenvalue weighted by Crippen LogP contribution is 2.32. The normalized spacial score (nSPS) is 22.1. The molecular formula is C17H23NO. The average molecular weight is 257 g/mol. The van der Waals surface area contributed by atoms with Crippen molar-refractivity contribution in [3.8, 4) is 5.75 Å². The molecule has 102 valence electrons. The highest BCUT2D eigenvalue weighted by molar-refractivity contribution is 5.38. The van der Waals surface area contributed by atoms with Gasteiger partial charge < -0.3 is 10.4 Å². The summed E-state index contributed by atoms with van der Waals surface area (Å²) in [7, 11) is 0. The smallest absolute Gasteiger partial charge is 0.115 e. The predicted octanol–water partition coefficient (Wildman–Crippen LogP) is 3.86. The topological polar surface area (TPSA) is 32.3 Å². The fourth-order valence-corrected chi connectivity index (χ4v) is 3.37. The predicted molar refractivity (Wildman–Crippen MR) is 78.3 cm³/mol. The first-order chi connectivity index (χ1) is 9.33. The molecule has 0 saturated carbocycles. The van der Waals surface area contributed by atoms with Gasteiger partial charge in [-0.15, -0.1) is 0 Å². The van der Waals surface area contributed by atoms with E-state index in [0.717, 1.165) is 13.0 Å². The Labute approximate surface area is 115 Å². The second-order valence-electron chi connectivity index (χ2n) is 5.79. The number of nitrogens with one attached hydrogen (secondary N) is 1. The lowest BCUT2D eigenvalue weighted by Crippen LogP contribution is -2.26. The summed E-state index contributed by atoms with van der Waals surface area (Å²) in [5, 5.41) is 13.3. The summed E-state index contributed by atoms with van der Waals surface area (Å²) in [6, 6.07) is 6.27. The third-order valence-electron chi connectivity index (χ3n) is 4.42. The van der Waals surface area contributed by atoms with Crippen LogP contribution in [0.3, 0.4) is 0 Å². The van der Waals surface area contributed by atoms with Gasteiger partial charge in [0.25, 0.3) is 0 Å². The van der Waals surface area contributed by atoms with Crippen LogP contribution in [0.25, 0.3) is 0 Å². The molecule has 0 bridgehead atoms. The van der Waals surface area contributed by atoms with Gasteiger partial charge in [-0.2, -0.15) is 0 Å². The van der Waals surface area contributed by atoms with Gasteiger partial charge >= 0.3 is 0 Å². The first-order valence-electron chi connectivity index (χ1n) is 7.56. The van der Waals surface area contributed by atoms with E-state index in [1.165, 1.54) is 49.7 Å². The SMILES string of the molecule is Oc1ccc2c(c1)C(NCCC1=CCCC1)CCC2. The Hall–Kier alpha value is -1.28. The summed E-state index contributed by atoms with van der Waals surface area (Å²) in [5.41, 5.74) is 4.34. The van der Waals surface area contributed by atoms with Crippen LogP contribution in [0.15, 0.2) is 29.8 Å². The summed E-state index contributed by atoms with van der Waals surface area (Å²) in [5.74, 6) is 0.394. The maximum absolute atomic E-state index is 9.67. The first-order valence-corrected chi connectivity index (χ1v) is 7.56. The number of hydrogen-bond acceptors (Lipinski definition) is 2. The zero-order valence-corrected chi connectivity index (χ0v) is 11.5. The fourth-order valence-electron chi connectivity index (χ4n) is 3.37. The number of rotatable bonds is 4. The average Bonchev–Trinajstić information content (AvgIpc) is 2.92. The summed E-state index contributed by atoms with van der Waals surface area (Å²) in [4.78, 5) is 0. The van der Waals surface area contributed by atoms with Crippen LogP contribution in [0, 0.1) is 0 Å². The van der Waals surface area contributed by atoms with Gasteiger partial charge in [0.1, 0.15) is 5.75 Å². The van der Waals surface area contributed by atoms with Gasteiger partial charge in [0, 0.05) is 6.04 Å². The Morgan fingerprint density at radius 3 is 3.00 bits per heavy atom. The standard InChI is InChI=1S/C17H23NO/c19-15-9-8-14-6-3-7-17(16(14)12-15)18-11-10-13-4-1-2-5-13/h4,8-9,12,17-19H,1-3,5-7,10-11H2. The van der Waals surface area contributed by atoms with Crippen molar-refractivity contribution in [3.05, 3.63) is 41.0 Å². The number of phenols is 1. The van der Waals surface area contributed by atoms with Crippen molar-refractivity contribution in [2.24, 2.45) is 0 Å². The van der Waals surface area contributed by atoms with Crippen LogP contribution in [0.2, 0.25) is 0 Å². The molecule has 0 amide bonds. The van der Waals surface area contributed by atoms with Gasteiger partial charge in [-0.3, -0.25) is 0 Å². The van der Waals surface area contributed by atoms with Gasteiger partial charge in [0.15, 0.2) is 0 Å². The molecule has 1 aromatic rings. The number of benzene rings is 1. The monoisotopic (exact) mass is 257 g/mol. The third-order valence-corrected chi connectivity index (χ3v) is 4.42. The van der Waals surface area contributed by atoms with Crippen molar-refractivity contribution in [1.29, 1.82) is 0 Å². The van der Waals surface area contributed by atoms with Crippen LogP contribution >= 0.6 is 0 Å². The molecular weight excluding hydrogens is 234 g/mol. The van der Waals surface area contributed by atoms with Gasteiger partial charge in [-0.1, -0.05) is 17.7 Å². The highest BCUT2D eigenvalue weighted by Gasteiger charge is 2.20. The Bertz CT molecular complexity index is 478. The number of allylic oxidation sites excluding steroid dienone is 1. The molecule has 0 aliphatic heterocycles. The van der Waals surface area contributed by atoms with Crippen LogP contribution in [0.1, 0.15) is 55.7 Å². The van der Waals surface area contributed by atoms with E-state index in [-0.39, 0.29) is 0 Å².